The molecule has 42 heavy (non-hydrogen) atoms. The third-order valence-electron chi connectivity index (χ3n) is 7.83. The highest BCUT2D eigenvalue weighted by Crippen LogP contribution is 2.40. The minimum atomic E-state index is -0.507. The highest BCUT2D eigenvalue weighted by molar-refractivity contribution is 6.34. The third kappa shape index (κ3) is 4.90. The molecule has 1 aliphatic heterocycles. The average molecular weight is 584 g/mol. The quantitative estimate of drug-likeness (QED) is 0.221. The Balaban J connectivity index is 1.88. The monoisotopic (exact) mass is 583 g/mol. The predicted molar refractivity (Wildman–Crippen MR) is 167 cm³/mol. The third-order valence-corrected chi connectivity index (χ3v) is 8.14. The number of carbonyl (C=O) groups excluding carboxylic acids is 1. The number of benzene rings is 3. The van der Waals surface area contributed by atoms with Gasteiger partial charge in [-0.05, 0) is 60.9 Å². The van der Waals surface area contributed by atoms with E-state index in [1.54, 1.807) is 17.0 Å². The van der Waals surface area contributed by atoms with Gasteiger partial charge in [-0.3, -0.25) is 14.2 Å². The number of rotatable bonds is 5. The Morgan fingerprint density at radius 3 is 2.57 bits per heavy atom. The number of nitriles is 1. The van der Waals surface area contributed by atoms with Gasteiger partial charge >= 0.3 is 0 Å². The molecule has 2 heterocycles. The number of hydrogen-bond acceptors (Lipinski definition) is 5. The lowest BCUT2D eigenvalue weighted by Gasteiger charge is -2.41. The van der Waals surface area contributed by atoms with Crippen molar-refractivity contribution in [2.24, 2.45) is 0 Å². The number of carbonyl (C=O) groups is 1. The second-order valence-electron chi connectivity index (χ2n) is 10.8. The number of amides is 1. The molecular weight excluding hydrogens is 553 g/mol. The molecule has 4 aromatic rings. The molecule has 0 bridgehead atoms. The van der Waals surface area contributed by atoms with Crippen LogP contribution >= 0.6 is 11.6 Å². The van der Waals surface area contributed by atoms with Crippen LogP contribution in [0.5, 0.6) is 0 Å². The summed E-state index contributed by atoms with van der Waals surface area (Å²) in [5.41, 5.74) is 8.86. The molecule has 7 nitrogen and oxygen atoms in total. The van der Waals surface area contributed by atoms with Crippen LogP contribution in [0.1, 0.15) is 37.8 Å². The summed E-state index contributed by atoms with van der Waals surface area (Å²) in [7, 11) is 0. The van der Waals surface area contributed by atoms with Gasteiger partial charge in [0.15, 0.2) is 0 Å². The summed E-state index contributed by atoms with van der Waals surface area (Å²) in [4.78, 5) is 30.3. The smallest absolute Gasteiger partial charge is 0.275 e. The number of pyridine rings is 1. The minimum absolute atomic E-state index is 0.0321. The molecule has 1 fully saturated rings. The van der Waals surface area contributed by atoms with Gasteiger partial charge in [0, 0.05) is 52.9 Å². The van der Waals surface area contributed by atoms with E-state index in [0.29, 0.717) is 53.2 Å². The van der Waals surface area contributed by atoms with Gasteiger partial charge in [-0.25, -0.2) is 4.39 Å². The van der Waals surface area contributed by atoms with Gasteiger partial charge in [0.2, 0.25) is 5.91 Å². The van der Waals surface area contributed by atoms with E-state index < -0.39 is 11.4 Å². The summed E-state index contributed by atoms with van der Waals surface area (Å²) in [5.74, 6) is -0.612. The molecular formula is C33H31ClFN5O2. The minimum Gasteiger partial charge on any atom is -0.399 e. The zero-order valence-electron chi connectivity index (χ0n) is 23.7. The summed E-state index contributed by atoms with van der Waals surface area (Å²) in [6.45, 7) is 10.8. The number of nitrogen functional groups attached to an aromatic ring is 1. The topological polar surface area (TPSA) is 95.4 Å². The maximum Gasteiger partial charge on any atom is 0.275 e. The lowest BCUT2D eigenvalue weighted by molar-refractivity contribution is -0.126. The molecule has 1 amide bonds. The van der Waals surface area contributed by atoms with Gasteiger partial charge in [0.25, 0.3) is 5.56 Å². The van der Waals surface area contributed by atoms with Gasteiger partial charge in [0.1, 0.15) is 17.4 Å². The van der Waals surface area contributed by atoms with Crippen LogP contribution in [-0.2, 0) is 4.79 Å². The van der Waals surface area contributed by atoms with Gasteiger partial charge in [0.05, 0.1) is 16.9 Å². The zero-order chi connectivity index (χ0) is 30.3. The van der Waals surface area contributed by atoms with Crippen molar-refractivity contribution in [1.29, 1.82) is 5.26 Å². The second-order valence-corrected chi connectivity index (χ2v) is 11.2. The van der Waals surface area contributed by atoms with Crippen LogP contribution in [0.4, 0.5) is 15.8 Å². The number of aromatic nitrogens is 1. The fraction of sp³-hybridized carbons (Fsp3) is 0.242. The van der Waals surface area contributed by atoms with E-state index in [0.717, 1.165) is 5.56 Å². The van der Waals surface area contributed by atoms with E-state index >= 15 is 4.39 Å². The van der Waals surface area contributed by atoms with Crippen molar-refractivity contribution in [3.63, 3.8) is 0 Å². The highest BCUT2D eigenvalue weighted by Gasteiger charge is 2.31. The van der Waals surface area contributed by atoms with Gasteiger partial charge in [-0.1, -0.05) is 50.2 Å². The molecule has 2 N–H and O–H groups in total. The molecule has 1 aromatic heterocycles. The average Bonchev–Trinajstić information content (AvgIpc) is 2.97. The number of piperazine rings is 1. The molecule has 0 aliphatic carbocycles. The van der Waals surface area contributed by atoms with Crippen LogP contribution in [0.25, 0.3) is 27.7 Å². The van der Waals surface area contributed by atoms with Crippen molar-refractivity contribution in [2.45, 2.75) is 32.7 Å². The van der Waals surface area contributed by atoms with Crippen LogP contribution in [0.15, 0.2) is 72.0 Å². The summed E-state index contributed by atoms with van der Waals surface area (Å²) < 4.78 is 16.6. The van der Waals surface area contributed by atoms with Crippen molar-refractivity contribution >= 4 is 39.8 Å². The Kier molecular flexibility index (Phi) is 7.81. The van der Waals surface area contributed by atoms with Crippen molar-refractivity contribution in [3.8, 4) is 22.9 Å². The number of fused-ring (bicyclic) bond motifs is 1. The second kappa shape index (κ2) is 11.3. The molecule has 0 spiro atoms. The normalized spacial score (nSPS) is 15.2. The maximum atomic E-state index is 15.1. The summed E-state index contributed by atoms with van der Waals surface area (Å²) in [5, 5.41) is 11.2. The van der Waals surface area contributed by atoms with Crippen LogP contribution in [0.2, 0.25) is 5.02 Å². The standard InChI is InChI=1S/C33H31ClFN5O2/c1-5-31(41)38-12-13-39(20(4)18-38)32-25-15-27(34)23(24-14-21(37)10-11-28(24)35)16-30(25)40(33(42)26(32)17-36)29-9-7-6-8-22(29)19(2)3/h5-11,14-16,19-20H,1,12-13,18,37H2,2-4H3/t20-/m0/s1. The molecule has 0 radical (unpaired) electrons. The van der Waals surface area contributed by atoms with E-state index in [9.17, 15) is 14.9 Å². The molecule has 1 saturated heterocycles. The molecule has 3 aromatic carbocycles. The Hall–Kier alpha value is -4.61. The maximum absolute atomic E-state index is 15.1. The van der Waals surface area contributed by atoms with E-state index in [1.807, 2.05) is 49.9 Å². The molecule has 214 valence electrons. The first-order chi connectivity index (χ1) is 20.1. The molecule has 1 atom stereocenters. The number of hydrogen-bond donors (Lipinski definition) is 1. The molecule has 9 heteroatoms. The van der Waals surface area contributed by atoms with E-state index in [4.69, 9.17) is 17.3 Å². The first-order valence-electron chi connectivity index (χ1n) is 13.7. The number of anilines is 2. The lowest BCUT2D eigenvalue weighted by Crippen LogP contribution is -2.54. The zero-order valence-corrected chi connectivity index (χ0v) is 24.5. The number of para-hydroxylation sites is 1. The SMILES string of the molecule is C=CC(=O)N1CCN(c2c(C#N)c(=O)n(-c3ccccc3C(C)C)c3cc(-c4cc(N)ccc4F)c(Cl)cc23)[C@@H](C)C1. The molecule has 5 rings (SSSR count). The van der Waals surface area contributed by atoms with E-state index in [1.165, 1.54) is 28.8 Å². The Bertz CT molecular complexity index is 1840. The van der Waals surface area contributed by atoms with Crippen molar-refractivity contribution < 1.29 is 9.18 Å². The predicted octanol–water partition coefficient (Wildman–Crippen LogP) is 6.25. The van der Waals surface area contributed by atoms with Crippen molar-refractivity contribution in [2.75, 3.05) is 30.3 Å². The fourth-order valence-electron chi connectivity index (χ4n) is 5.79. The summed E-state index contributed by atoms with van der Waals surface area (Å²) in [6.07, 6.45) is 1.28. The lowest BCUT2D eigenvalue weighted by atomic mass is 9.97. The van der Waals surface area contributed by atoms with E-state index in [-0.39, 0.29) is 34.0 Å². The molecule has 1 aliphatic rings. The Morgan fingerprint density at radius 1 is 1.17 bits per heavy atom. The molecule has 0 unspecified atom stereocenters. The van der Waals surface area contributed by atoms with Crippen LogP contribution < -0.4 is 16.2 Å². The van der Waals surface area contributed by atoms with Crippen LogP contribution in [-0.4, -0.2) is 41.1 Å². The highest BCUT2D eigenvalue weighted by atomic mass is 35.5. The Morgan fingerprint density at radius 2 is 1.90 bits per heavy atom. The van der Waals surface area contributed by atoms with Crippen LogP contribution in [0, 0.1) is 17.1 Å². The number of nitrogens with zero attached hydrogens (tertiary/aromatic N) is 4. The van der Waals surface area contributed by atoms with Gasteiger partial charge in [-0.15, -0.1) is 0 Å². The number of nitrogens with two attached hydrogens (primary N) is 1. The largest absolute Gasteiger partial charge is 0.399 e. The van der Waals surface area contributed by atoms with Crippen LogP contribution in [0.3, 0.4) is 0 Å². The summed E-state index contributed by atoms with van der Waals surface area (Å²) >= 11 is 6.85. The van der Waals surface area contributed by atoms with Crippen molar-refractivity contribution in [1.82, 2.24) is 9.47 Å². The first kappa shape index (κ1) is 28.9. The van der Waals surface area contributed by atoms with Gasteiger partial charge < -0.3 is 15.5 Å². The first-order valence-corrected chi connectivity index (χ1v) is 14.1. The van der Waals surface area contributed by atoms with Crippen molar-refractivity contribution in [3.05, 3.63) is 99.6 Å². The summed E-state index contributed by atoms with van der Waals surface area (Å²) in [6, 6.07) is 17.1. The fourth-order valence-corrected chi connectivity index (χ4v) is 6.05. The van der Waals surface area contributed by atoms with E-state index in [2.05, 4.69) is 12.6 Å². The number of halogens is 2. The molecule has 0 saturated carbocycles. The van der Waals surface area contributed by atoms with Gasteiger partial charge in [-0.2, -0.15) is 5.26 Å². The Labute approximate surface area is 248 Å².